The molecule has 0 aliphatic carbocycles. The van der Waals surface area contributed by atoms with E-state index in [2.05, 4.69) is 24.1 Å². The third-order valence-electron chi connectivity index (χ3n) is 4.83. The number of hydrogen-bond donors (Lipinski definition) is 4. The third kappa shape index (κ3) is 16.1. The Balaban J connectivity index is 0. The van der Waals surface area contributed by atoms with Gasteiger partial charge in [-0.2, -0.15) is 0 Å². The molecule has 0 bridgehead atoms. The summed E-state index contributed by atoms with van der Waals surface area (Å²) < 4.78 is 7.55. The SMILES string of the molecule is CC(C)CC(N)=O.CCC.CCOCc1nc2c(NC(=O)CC)nc3ccccc3c2n1CC(C)(C)O.[K+].[O-]CO. The Bertz CT molecular complexity index is 1180. The van der Waals surface area contributed by atoms with E-state index in [-0.39, 0.29) is 63.2 Å². The van der Waals surface area contributed by atoms with Gasteiger partial charge < -0.3 is 35.7 Å². The minimum absolute atomic E-state index is 0. The normalized spacial score (nSPS) is 10.4. The number of aliphatic hydroxyl groups is 2. The number of ether oxygens (including phenoxy) is 1. The van der Waals surface area contributed by atoms with Gasteiger partial charge in [0.1, 0.15) is 17.9 Å². The summed E-state index contributed by atoms with van der Waals surface area (Å²) in [4.78, 5) is 31.4. The molecular formula is C29H48KN5O6. The van der Waals surface area contributed by atoms with Gasteiger partial charge in [-0.15, -0.1) is 0 Å². The summed E-state index contributed by atoms with van der Waals surface area (Å²) in [5.41, 5.74) is 6.12. The van der Waals surface area contributed by atoms with Crippen LogP contribution in [0.1, 0.15) is 80.5 Å². The van der Waals surface area contributed by atoms with E-state index in [0.717, 1.165) is 16.4 Å². The number of benzene rings is 1. The molecule has 2 aromatic heterocycles. The molecule has 12 heteroatoms. The topological polar surface area (TPSA) is 176 Å². The minimum Gasteiger partial charge on any atom is -0.834 e. The van der Waals surface area contributed by atoms with E-state index in [1.165, 1.54) is 6.42 Å². The number of pyridine rings is 1. The smallest absolute Gasteiger partial charge is 0.834 e. The van der Waals surface area contributed by atoms with E-state index in [1.807, 2.05) is 49.6 Å². The van der Waals surface area contributed by atoms with Crippen LogP contribution in [0.2, 0.25) is 0 Å². The first-order valence-corrected chi connectivity index (χ1v) is 13.6. The molecule has 1 aromatic carbocycles. The first-order valence-electron chi connectivity index (χ1n) is 13.6. The molecule has 3 rings (SSSR count). The molecule has 0 aliphatic heterocycles. The van der Waals surface area contributed by atoms with Gasteiger partial charge in [0.2, 0.25) is 11.8 Å². The van der Waals surface area contributed by atoms with E-state index in [4.69, 9.17) is 25.7 Å². The Labute approximate surface area is 286 Å². The number of carbonyl (C=O) groups excluding carboxylic acids is 2. The van der Waals surface area contributed by atoms with Crippen LogP contribution in [0.3, 0.4) is 0 Å². The van der Waals surface area contributed by atoms with Gasteiger partial charge in [-0.3, -0.25) is 9.59 Å². The number of rotatable bonds is 9. The van der Waals surface area contributed by atoms with Gasteiger partial charge in [0.15, 0.2) is 5.82 Å². The fourth-order valence-electron chi connectivity index (χ4n) is 3.45. The number of nitrogens with zero attached hydrogens (tertiary/aromatic N) is 3. The van der Waals surface area contributed by atoms with Gasteiger partial charge in [-0.25, -0.2) is 9.97 Å². The van der Waals surface area contributed by atoms with Crippen LogP contribution < -0.4 is 67.5 Å². The number of aromatic nitrogens is 3. The van der Waals surface area contributed by atoms with Crippen molar-refractivity contribution in [3.63, 3.8) is 0 Å². The summed E-state index contributed by atoms with van der Waals surface area (Å²) in [5.74, 6) is 1.19. The molecule has 41 heavy (non-hydrogen) atoms. The zero-order valence-corrected chi connectivity index (χ0v) is 29.4. The number of nitrogens with two attached hydrogens (primary N) is 1. The molecule has 0 fully saturated rings. The van der Waals surface area contributed by atoms with Crippen molar-refractivity contribution >= 4 is 39.6 Å². The van der Waals surface area contributed by atoms with Crippen LogP contribution in [-0.4, -0.2) is 55.6 Å². The second-order valence-electron chi connectivity index (χ2n) is 10.0. The number of hydrogen-bond acceptors (Lipinski definition) is 8. The van der Waals surface area contributed by atoms with Crippen LogP contribution in [0.25, 0.3) is 21.9 Å². The molecule has 226 valence electrons. The van der Waals surface area contributed by atoms with Crippen molar-refractivity contribution in [2.75, 3.05) is 18.7 Å². The molecule has 2 heterocycles. The first-order chi connectivity index (χ1) is 18.8. The van der Waals surface area contributed by atoms with E-state index in [0.29, 0.717) is 55.7 Å². The van der Waals surface area contributed by atoms with Crippen molar-refractivity contribution < 1.29 is 81.0 Å². The maximum Gasteiger partial charge on any atom is 1.00 e. The summed E-state index contributed by atoms with van der Waals surface area (Å²) in [6.45, 7) is 15.6. The van der Waals surface area contributed by atoms with E-state index < -0.39 is 12.4 Å². The molecule has 5 N–H and O–H groups in total. The fourth-order valence-corrected chi connectivity index (χ4v) is 3.45. The maximum absolute atomic E-state index is 12.0. The number of primary amides is 1. The molecule has 0 radical (unpaired) electrons. The molecule has 0 saturated carbocycles. The number of para-hydroxylation sites is 1. The molecule has 0 atom stereocenters. The maximum atomic E-state index is 12.0. The summed E-state index contributed by atoms with van der Waals surface area (Å²) in [7, 11) is 0. The second-order valence-corrected chi connectivity index (χ2v) is 10.0. The minimum atomic E-state index is -1.00. The van der Waals surface area contributed by atoms with Gasteiger partial charge in [0, 0.05) is 24.8 Å². The van der Waals surface area contributed by atoms with Crippen LogP contribution in [0, 0.1) is 5.92 Å². The van der Waals surface area contributed by atoms with Crippen molar-refractivity contribution in [2.45, 2.75) is 93.4 Å². The van der Waals surface area contributed by atoms with Crippen LogP contribution in [0.4, 0.5) is 5.82 Å². The van der Waals surface area contributed by atoms with Crippen LogP contribution in [0.15, 0.2) is 24.3 Å². The monoisotopic (exact) mass is 601 g/mol. The molecule has 11 nitrogen and oxygen atoms in total. The number of anilines is 1. The van der Waals surface area contributed by atoms with Gasteiger partial charge in [-0.05, 0) is 39.5 Å². The molecular weight excluding hydrogens is 553 g/mol. The summed E-state index contributed by atoms with van der Waals surface area (Å²) >= 11 is 0. The van der Waals surface area contributed by atoms with Crippen LogP contribution in [0.5, 0.6) is 0 Å². The predicted octanol–water partition coefficient (Wildman–Crippen LogP) is 0.475. The largest absolute Gasteiger partial charge is 1.00 e. The molecule has 0 spiro atoms. The van der Waals surface area contributed by atoms with Crippen molar-refractivity contribution in [2.24, 2.45) is 11.7 Å². The Hall–Kier alpha value is -1.48. The standard InChI is InChI=1S/C20H26N4O3.C5H11NO.C3H8.CH3O2.K/c1-5-16(25)23-19-17-18(13-9-7-8-10-14(13)21-19)24(12-20(3,4)26)15(22-17)11-27-6-2;1-4(2)3-5(6)7;1-3-2;2-1-3;/h7-10,26H,5-6,11-12H2,1-4H3,(H,21,23,25);4H,3H2,1-2H3,(H2,6,7);3H2,1-2H3;2H,1H2;/q;;;-1;+1. The summed E-state index contributed by atoms with van der Waals surface area (Å²) in [6.07, 6.45) is 2.10. The first kappa shape index (κ1) is 41.7. The van der Waals surface area contributed by atoms with E-state index >= 15 is 0 Å². The molecule has 0 saturated heterocycles. The molecule has 0 aliphatic rings. The molecule has 0 unspecified atom stereocenters. The summed E-state index contributed by atoms with van der Waals surface area (Å²) in [6, 6.07) is 7.73. The van der Waals surface area contributed by atoms with Gasteiger partial charge in [0.25, 0.3) is 0 Å². The van der Waals surface area contributed by atoms with Gasteiger partial charge in [-0.1, -0.05) is 59.2 Å². The number of nitrogens with one attached hydrogen (secondary N) is 1. The fraction of sp³-hybridized carbons (Fsp3) is 0.586. The Morgan fingerprint density at radius 1 is 1.15 bits per heavy atom. The number of aliphatic hydroxyl groups excluding tert-OH is 1. The Kier molecular flexibility index (Phi) is 22.5. The number of imidazole rings is 1. The number of carbonyl (C=O) groups is 2. The molecule has 3 aromatic rings. The number of amides is 2. The quantitative estimate of drug-likeness (QED) is 0.202. The van der Waals surface area contributed by atoms with Crippen LogP contribution in [-0.2, 0) is 27.5 Å². The zero-order valence-electron chi connectivity index (χ0n) is 26.3. The van der Waals surface area contributed by atoms with E-state index in [9.17, 15) is 14.7 Å². The average molecular weight is 602 g/mol. The predicted molar refractivity (Wildman–Crippen MR) is 157 cm³/mol. The Morgan fingerprint density at radius 3 is 2.15 bits per heavy atom. The summed E-state index contributed by atoms with van der Waals surface area (Å²) in [5, 5.41) is 29.7. The molecule has 2 amide bonds. The third-order valence-corrected chi connectivity index (χ3v) is 4.83. The average Bonchev–Trinajstić information content (AvgIpc) is 3.20. The van der Waals surface area contributed by atoms with Crippen molar-refractivity contribution in [3.05, 3.63) is 30.1 Å². The van der Waals surface area contributed by atoms with Crippen molar-refractivity contribution in [1.82, 2.24) is 14.5 Å². The van der Waals surface area contributed by atoms with Crippen molar-refractivity contribution in [3.8, 4) is 0 Å². The van der Waals surface area contributed by atoms with Crippen LogP contribution >= 0.6 is 0 Å². The zero-order chi connectivity index (χ0) is 30.9. The van der Waals surface area contributed by atoms with Crippen molar-refractivity contribution in [1.29, 1.82) is 0 Å². The van der Waals surface area contributed by atoms with E-state index in [1.54, 1.807) is 20.8 Å². The Morgan fingerprint density at radius 2 is 1.71 bits per heavy atom. The second kappa shape index (κ2) is 22.1. The van der Waals surface area contributed by atoms with Gasteiger partial charge in [0.05, 0.1) is 23.2 Å². The number of fused-ring (bicyclic) bond motifs is 3. The van der Waals surface area contributed by atoms with Gasteiger partial charge >= 0.3 is 51.4 Å².